The predicted molar refractivity (Wildman–Crippen MR) is 101 cm³/mol. The van der Waals surface area contributed by atoms with Gasteiger partial charge in [0.05, 0.1) is 11.7 Å². The fraction of sp³-hybridized carbons (Fsp3) is 0.350. The average Bonchev–Trinajstić information content (AvgIpc) is 3.14. The SMILES string of the molecule is CC(C)C(NC(=O)c1ccco1)C(=O)Nc1ccc(C(C)(C)C(=O)O)cc1. The van der Waals surface area contributed by atoms with Gasteiger partial charge in [-0.05, 0) is 49.6 Å². The van der Waals surface area contributed by atoms with Gasteiger partial charge in [-0.1, -0.05) is 26.0 Å². The van der Waals surface area contributed by atoms with Gasteiger partial charge >= 0.3 is 5.97 Å². The Hall–Kier alpha value is -3.09. The van der Waals surface area contributed by atoms with Crippen LogP contribution in [-0.2, 0) is 15.0 Å². The van der Waals surface area contributed by atoms with Crippen LogP contribution in [0.5, 0.6) is 0 Å². The monoisotopic (exact) mass is 372 g/mol. The van der Waals surface area contributed by atoms with Crippen LogP contribution < -0.4 is 10.6 Å². The van der Waals surface area contributed by atoms with Crippen LogP contribution in [0, 0.1) is 5.92 Å². The summed E-state index contributed by atoms with van der Waals surface area (Å²) in [5.74, 6) is -1.77. The molecule has 144 valence electrons. The maximum Gasteiger partial charge on any atom is 0.313 e. The first-order valence-electron chi connectivity index (χ1n) is 8.62. The maximum atomic E-state index is 12.6. The minimum absolute atomic E-state index is 0.133. The first-order chi connectivity index (χ1) is 12.6. The number of carbonyl (C=O) groups is 3. The molecule has 0 fully saturated rings. The van der Waals surface area contributed by atoms with Crippen LogP contribution in [0.15, 0.2) is 47.1 Å². The number of rotatable bonds is 7. The molecule has 2 rings (SSSR count). The van der Waals surface area contributed by atoms with Crippen LogP contribution in [0.25, 0.3) is 0 Å². The topological polar surface area (TPSA) is 109 Å². The van der Waals surface area contributed by atoms with E-state index in [4.69, 9.17) is 4.42 Å². The number of nitrogens with one attached hydrogen (secondary N) is 2. The molecule has 1 heterocycles. The fourth-order valence-corrected chi connectivity index (χ4v) is 2.47. The third-order valence-corrected chi connectivity index (χ3v) is 4.39. The Morgan fingerprint density at radius 1 is 1.07 bits per heavy atom. The molecule has 7 heteroatoms. The van der Waals surface area contributed by atoms with Gasteiger partial charge in [-0.3, -0.25) is 14.4 Å². The summed E-state index contributed by atoms with van der Waals surface area (Å²) in [5, 5.41) is 14.7. The number of hydrogen-bond donors (Lipinski definition) is 3. The summed E-state index contributed by atoms with van der Waals surface area (Å²) >= 11 is 0. The van der Waals surface area contributed by atoms with Gasteiger partial charge in [-0.25, -0.2) is 0 Å². The molecular formula is C20H24N2O5. The first kappa shape index (κ1) is 20.2. The molecule has 0 aliphatic heterocycles. The predicted octanol–water partition coefficient (Wildman–Crippen LogP) is 3.03. The van der Waals surface area contributed by atoms with Crippen molar-refractivity contribution in [3.63, 3.8) is 0 Å². The highest BCUT2D eigenvalue weighted by Gasteiger charge is 2.29. The zero-order valence-corrected chi connectivity index (χ0v) is 15.8. The second-order valence-electron chi connectivity index (χ2n) is 7.17. The van der Waals surface area contributed by atoms with E-state index in [0.717, 1.165) is 0 Å². The van der Waals surface area contributed by atoms with Crippen molar-refractivity contribution in [3.8, 4) is 0 Å². The van der Waals surface area contributed by atoms with Crippen molar-refractivity contribution in [2.45, 2.75) is 39.2 Å². The Balaban J connectivity index is 2.09. The third-order valence-electron chi connectivity index (χ3n) is 4.39. The van der Waals surface area contributed by atoms with Crippen molar-refractivity contribution in [3.05, 3.63) is 54.0 Å². The summed E-state index contributed by atoms with van der Waals surface area (Å²) in [4.78, 5) is 36.1. The minimum atomic E-state index is -1.03. The van der Waals surface area contributed by atoms with Crippen molar-refractivity contribution < 1.29 is 23.9 Å². The molecule has 2 aromatic rings. The number of amides is 2. The molecule has 1 atom stereocenters. The highest BCUT2D eigenvalue weighted by atomic mass is 16.4. The Bertz CT molecular complexity index is 807. The molecule has 27 heavy (non-hydrogen) atoms. The summed E-state index contributed by atoms with van der Waals surface area (Å²) in [6, 6.07) is 8.98. The second kappa shape index (κ2) is 8.07. The highest BCUT2D eigenvalue weighted by Crippen LogP contribution is 2.25. The van der Waals surface area contributed by atoms with Gasteiger partial charge in [-0.2, -0.15) is 0 Å². The van der Waals surface area contributed by atoms with Crippen molar-refractivity contribution in [2.75, 3.05) is 5.32 Å². The Morgan fingerprint density at radius 2 is 1.70 bits per heavy atom. The summed E-state index contributed by atoms with van der Waals surface area (Å²) in [6.45, 7) is 6.88. The summed E-state index contributed by atoms with van der Waals surface area (Å²) < 4.78 is 5.05. The number of hydrogen-bond acceptors (Lipinski definition) is 4. The molecule has 0 saturated heterocycles. The zero-order chi connectivity index (χ0) is 20.2. The van der Waals surface area contributed by atoms with Crippen molar-refractivity contribution in [2.24, 2.45) is 5.92 Å². The number of anilines is 1. The number of carboxylic acids is 1. The normalized spacial score (nSPS) is 12.5. The lowest BCUT2D eigenvalue weighted by Crippen LogP contribution is -2.47. The summed E-state index contributed by atoms with van der Waals surface area (Å²) in [6.07, 6.45) is 1.39. The van der Waals surface area contributed by atoms with Crippen LogP contribution >= 0.6 is 0 Å². The minimum Gasteiger partial charge on any atom is -0.481 e. The number of benzene rings is 1. The zero-order valence-electron chi connectivity index (χ0n) is 15.8. The van der Waals surface area contributed by atoms with Crippen LogP contribution in [0.2, 0.25) is 0 Å². The molecule has 0 bridgehead atoms. The van der Waals surface area contributed by atoms with E-state index < -0.39 is 23.3 Å². The molecule has 1 aromatic carbocycles. The van der Waals surface area contributed by atoms with E-state index in [9.17, 15) is 19.5 Å². The van der Waals surface area contributed by atoms with E-state index in [0.29, 0.717) is 11.3 Å². The van der Waals surface area contributed by atoms with E-state index in [2.05, 4.69) is 10.6 Å². The largest absolute Gasteiger partial charge is 0.481 e. The maximum absolute atomic E-state index is 12.6. The van der Waals surface area contributed by atoms with Gasteiger partial charge in [-0.15, -0.1) is 0 Å². The number of carbonyl (C=O) groups excluding carboxylic acids is 2. The van der Waals surface area contributed by atoms with Gasteiger partial charge in [0.25, 0.3) is 5.91 Å². The highest BCUT2D eigenvalue weighted by molar-refractivity contribution is 6.00. The standard InChI is InChI=1S/C20H24N2O5/c1-12(2)16(22-17(23)15-6-5-11-27-15)18(24)21-14-9-7-13(8-10-14)20(3,4)19(25)26/h5-12,16H,1-4H3,(H,21,24)(H,22,23)(H,25,26). The van der Waals surface area contributed by atoms with Crippen LogP contribution in [0.3, 0.4) is 0 Å². The Morgan fingerprint density at radius 3 is 2.19 bits per heavy atom. The first-order valence-corrected chi connectivity index (χ1v) is 8.62. The van der Waals surface area contributed by atoms with Gasteiger partial charge < -0.3 is 20.2 Å². The summed E-state index contributed by atoms with van der Waals surface area (Å²) in [5.41, 5.74) is 0.113. The van der Waals surface area contributed by atoms with Crippen molar-refractivity contribution >= 4 is 23.5 Å². The van der Waals surface area contributed by atoms with E-state index in [1.54, 1.807) is 44.2 Å². The number of furan rings is 1. The molecular weight excluding hydrogens is 348 g/mol. The van der Waals surface area contributed by atoms with E-state index >= 15 is 0 Å². The summed E-state index contributed by atoms with van der Waals surface area (Å²) in [7, 11) is 0. The van der Waals surface area contributed by atoms with Crippen molar-refractivity contribution in [1.82, 2.24) is 5.32 Å². The second-order valence-corrected chi connectivity index (χ2v) is 7.17. The third kappa shape index (κ3) is 4.75. The molecule has 0 spiro atoms. The lowest BCUT2D eigenvalue weighted by molar-refractivity contribution is -0.142. The molecule has 1 unspecified atom stereocenters. The van der Waals surface area contributed by atoms with E-state index in [-0.39, 0.29) is 17.6 Å². The molecule has 3 N–H and O–H groups in total. The Labute approximate surface area is 157 Å². The molecule has 1 aromatic heterocycles. The molecule has 0 aliphatic carbocycles. The fourth-order valence-electron chi connectivity index (χ4n) is 2.47. The van der Waals surface area contributed by atoms with Crippen LogP contribution in [-0.4, -0.2) is 28.9 Å². The van der Waals surface area contributed by atoms with Gasteiger partial charge in [0.1, 0.15) is 6.04 Å². The average molecular weight is 372 g/mol. The Kier molecular flexibility index (Phi) is 6.05. The van der Waals surface area contributed by atoms with E-state index in [1.165, 1.54) is 12.3 Å². The number of carboxylic acid groups (broad SMARTS) is 1. The quantitative estimate of drug-likeness (QED) is 0.692. The van der Waals surface area contributed by atoms with Gasteiger partial charge in [0.2, 0.25) is 5.91 Å². The molecule has 7 nitrogen and oxygen atoms in total. The van der Waals surface area contributed by atoms with Crippen molar-refractivity contribution in [1.29, 1.82) is 0 Å². The number of aliphatic carboxylic acids is 1. The van der Waals surface area contributed by atoms with Crippen LogP contribution in [0.4, 0.5) is 5.69 Å². The lowest BCUT2D eigenvalue weighted by Gasteiger charge is -2.22. The molecule has 0 aliphatic rings. The molecule has 0 saturated carbocycles. The van der Waals surface area contributed by atoms with Gasteiger partial charge in [0.15, 0.2) is 5.76 Å². The smallest absolute Gasteiger partial charge is 0.313 e. The van der Waals surface area contributed by atoms with Gasteiger partial charge in [0, 0.05) is 5.69 Å². The molecule has 2 amide bonds. The van der Waals surface area contributed by atoms with E-state index in [1.807, 2.05) is 13.8 Å². The molecule has 0 radical (unpaired) electrons. The van der Waals surface area contributed by atoms with Crippen LogP contribution in [0.1, 0.15) is 43.8 Å². The lowest BCUT2D eigenvalue weighted by atomic mass is 9.85.